The lowest BCUT2D eigenvalue weighted by molar-refractivity contribution is 0.533. The zero-order valence-corrected chi connectivity index (χ0v) is 11.8. The van der Waals surface area contributed by atoms with E-state index in [2.05, 4.69) is 76.2 Å². The first kappa shape index (κ1) is 12.9. The van der Waals surface area contributed by atoms with E-state index in [1.54, 1.807) is 0 Å². The summed E-state index contributed by atoms with van der Waals surface area (Å²) in [7, 11) is 0. The summed E-state index contributed by atoms with van der Waals surface area (Å²) in [5.41, 5.74) is 5.57. The molecule has 0 bridgehead atoms. The topological polar surface area (TPSA) is 0 Å². The number of hydrogen-bond acceptors (Lipinski definition) is 0. The second-order valence-electron chi connectivity index (χ2n) is 5.42. The van der Waals surface area contributed by atoms with E-state index in [-0.39, 0.29) is 0 Å². The summed E-state index contributed by atoms with van der Waals surface area (Å²) in [5.74, 6) is 1.28. The lowest BCUT2D eigenvalue weighted by Crippen LogP contribution is -2.04. The van der Waals surface area contributed by atoms with Crippen LogP contribution in [0.2, 0.25) is 0 Å². The molecule has 0 N–H and O–H groups in total. The van der Waals surface area contributed by atoms with Crippen molar-refractivity contribution in [2.75, 3.05) is 0 Å². The van der Waals surface area contributed by atoms with Gasteiger partial charge in [0.25, 0.3) is 0 Å². The molecule has 0 spiro atoms. The number of hydrogen-bond donors (Lipinski definition) is 0. The maximum atomic E-state index is 2.32. The van der Waals surface area contributed by atoms with Gasteiger partial charge in [-0.1, -0.05) is 69.3 Å². The first-order valence-corrected chi connectivity index (χ1v) is 6.76. The molecule has 0 aliphatic carbocycles. The molecule has 1 unspecified atom stereocenters. The minimum Gasteiger partial charge on any atom is -0.0622 e. The monoisotopic (exact) mass is 238 g/mol. The van der Waals surface area contributed by atoms with Gasteiger partial charge in [0.2, 0.25) is 0 Å². The Morgan fingerprint density at radius 2 is 1.44 bits per heavy atom. The van der Waals surface area contributed by atoms with Gasteiger partial charge in [0.05, 0.1) is 0 Å². The van der Waals surface area contributed by atoms with Crippen LogP contribution in [0.25, 0.3) is 11.1 Å². The van der Waals surface area contributed by atoms with Crippen molar-refractivity contribution in [3.63, 3.8) is 0 Å². The fraction of sp³-hybridized carbons (Fsp3) is 0.333. The Labute approximate surface area is 111 Å². The summed E-state index contributed by atoms with van der Waals surface area (Å²) in [4.78, 5) is 0. The predicted octanol–water partition coefficient (Wildman–Crippen LogP) is 5.42. The molecule has 0 heterocycles. The van der Waals surface area contributed by atoms with Crippen LogP contribution in [0, 0.1) is 12.8 Å². The molecular weight excluding hydrogens is 216 g/mol. The van der Waals surface area contributed by atoms with Gasteiger partial charge >= 0.3 is 0 Å². The van der Waals surface area contributed by atoms with Crippen molar-refractivity contribution >= 4 is 0 Å². The SMILES string of the molecule is Cc1c(-c2ccccc2)cccc1C(C)C(C)C. The van der Waals surface area contributed by atoms with E-state index in [4.69, 9.17) is 0 Å². The third kappa shape index (κ3) is 2.48. The van der Waals surface area contributed by atoms with Crippen LogP contribution in [0.1, 0.15) is 37.8 Å². The highest BCUT2D eigenvalue weighted by molar-refractivity contribution is 5.68. The van der Waals surface area contributed by atoms with Gasteiger partial charge in [-0.05, 0) is 41.0 Å². The van der Waals surface area contributed by atoms with E-state index >= 15 is 0 Å². The number of benzene rings is 2. The van der Waals surface area contributed by atoms with Crippen LogP contribution in [0.4, 0.5) is 0 Å². The molecule has 0 amide bonds. The maximum absolute atomic E-state index is 2.32. The third-order valence-electron chi connectivity index (χ3n) is 3.95. The summed E-state index contributed by atoms with van der Waals surface area (Å²) in [6.07, 6.45) is 0. The van der Waals surface area contributed by atoms with Crippen molar-refractivity contribution in [1.82, 2.24) is 0 Å². The zero-order chi connectivity index (χ0) is 13.1. The molecule has 0 fully saturated rings. The van der Waals surface area contributed by atoms with Crippen molar-refractivity contribution in [2.45, 2.75) is 33.6 Å². The highest BCUT2D eigenvalue weighted by Gasteiger charge is 2.14. The molecule has 0 heteroatoms. The molecule has 0 saturated heterocycles. The molecule has 94 valence electrons. The van der Waals surface area contributed by atoms with E-state index in [0.717, 1.165) is 0 Å². The Hall–Kier alpha value is -1.56. The molecule has 2 rings (SSSR count). The van der Waals surface area contributed by atoms with Crippen molar-refractivity contribution in [3.05, 3.63) is 59.7 Å². The largest absolute Gasteiger partial charge is 0.0622 e. The minimum absolute atomic E-state index is 0.605. The zero-order valence-electron chi connectivity index (χ0n) is 11.8. The predicted molar refractivity (Wildman–Crippen MR) is 79.9 cm³/mol. The normalized spacial score (nSPS) is 12.7. The van der Waals surface area contributed by atoms with Crippen LogP contribution >= 0.6 is 0 Å². The van der Waals surface area contributed by atoms with Crippen molar-refractivity contribution in [3.8, 4) is 11.1 Å². The van der Waals surface area contributed by atoms with E-state index in [9.17, 15) is 0 Å². The molecule has 2 aromatic carbocycles. The Morgan fingerprint density at radius 1 is 0.778 bits per heavy atom. The summed E-state index contributed by atoms with van der Waals surface area (Å²) in [6.45, 7) is 9.15. The first-order valence-electron chi connectivity index (χ1n) is 6.76. The third-order valence-corrected chi connectivity index (χ3v) is 3.95. The fourth-order valence-electron chi connectivity index (χ4n) is 2.44. The van der Waals surface area contributed by atoms with E-state index in [0.29, 0.717) is 11.8 Å². The van der Waals surface area contributed by atoms with Gasteiger partial charge in [-0.15, -0.1) is 0 Å². The van der Waals surface area contributed by atoms with Gasteiger partial charge in [0.1, 0.15) is 0 Å². The van der Waals surface area contributed by atoms with E-state index in [1.165, 1.54) is 22.3 Å². The van der Waals surface area contributed by atoms with Crippen LogP contribution in [0.15, 0.2) is 48.5 Å². The van der Waals surface area contributed by atoms with Gasteiger partial charge in [-0.25, -0.2) is 0 Å². The van der Waals surface area contributed by atoms with Gasteiger partial charge in [0, 0.05) is 0 Å². The molecular formula is C18H22. The molecule has 2 aromatic rings. The second-order valence-corrected chi connectivity index (χ2v) is 5.42. The molecule has 18 heavy (non-hydrogen) atoms. The summed E-state index contributed by atoms with van der Waals surface area (Å²) in [5, 5.41) is 0. The molecule has 0 nitrogen and oxygen atoms in total. The molecule has 0 aliphatic heterocycles. The minimum atomic E-state index is 0.605. The van der Waals surface area contributed by atoms with E-state index < -0.39 is 0 Å². The molecule has 0 aliphatic rings. The summed E-state index contributed by atoms with van der Waals surface area (Å²) >= 11 is 0. The van der Waals surface area contributed by atoms with Gasteiger partial charge in [0.15, 0.2) is 0 Å². The average molecular weight is 238 g/mol. The highest BCUT2D eigenvalue weighted by atomic mass is 14.2. The molecule has 0 saturated carbocycles. The Balaban J connectivity index is 2.49. The Morgan fingerprint density at radius 3 is 2.06 bits per heavy atom. The smallest absolute Gasteiger partial charge is 0.0152 e. The van der Waals surface area contributed by atoms with Crippen LogP contribution in [-0.2, 0) is 0 Å². The van der Waals surface area contributed by atoms with Gasteiger partial charge < -0.3 is 0 Å². The van der Waals surface area contributed by atoms with E-state index in [1.807, 2.05) is 0 Å². The maximum Gasteiger partial charge on any atom is -0.0152 e. The Kier molecular flexibility index (Phi) is 3.86. The summed E-state index contributed by atoms with van der Waals surface area (Å²) < 4.78 is 0. The standard InChI is InChI=1S/C18H22/c1-13(2)14(3)17-11-8-12-18(15(17)4)16-9-6-5-7-10-16/h5-14H,1-4H3. The fourth-order valence-corrected chi connectivity index (χ4v) is 2.44. The van der Waals surface area contributed by atoms with Crippen molar-refractivity contribution < 1.29 is 0 Å². The lowest BCUT2D eigenvalue weighted by Gasteiger charge is -2.20. The Bertz CT molecular complexity index is 509. The average Bonchev–Trinajstić information content (AvgIpc) is 2.39. The lowest BCUT2D eigenvalue weighted by atomic mass is 9.85. The van der Waals surface area contributed by atoms with Crippen LogP contribution in [-0.4, -0.2) is 0 Å². The first-order chi connectivity index (χ1) is 8.61. The number of rotatable bonds is 3. The molecule has 0 radical (unpaired) electrons. The second kappa shape index (κ2) is 5.39. The molecule has 0 aromatic heterocycles. The van der Waals surface area contributed by atoms with Crippen LogP contribution in [0.3, 0.4) is 0 Å². The van der Waals surface area contributed by atoms with Crippen molar-refractivity contribution in [2.24, 2.45) is 5.92 Å². The highest BCUT2D eigenvalue weighted by Crippen LogP contribution is 2.32. The summed E-state index contributed by atoms with van der Waals surface area (Å²) in [6, 6.07) is 17.3. The van der Waals surface area contributed by atoms with Crippen LogP contribution in [0.5, 0.6) is 0 Å². The van der Waals surface area contributed by atoms with Gasteiger partial charge in [-0.3, -0.25) is 0 Å². The van der Waals surface area contributed by atoms with Gasteiger partial charge in [-0.2, -0.15) is 0 Å². The van der Waals surface area contributed by atoms with Crippen LogP contribution < -0.4 is 0 Å². The van der Waals surface area contributed by atoms with Crippen molar-refractivity contribution in [1.29, 1.82) is 0 Å². The molecule has 1 atom stereocenters. The quantitative estimate of drug-likeness (QED) is 0.669.